The van der Waals surface area contributed by atoms with Gasteiger partial charge in [-0.1, -0.05) is 92.4 Å². The minimum absolute atomic E-state index is 0.129. The Morgan fingerprint density at radius 2 is 0.435 bits per heavy atom. The summed E-state index contributed by atoms with van der Waals surface area (Å²) < 4.78 is 59.9. The van der Waals surface area contributed by atoms with Crippen LogP contribution in [0.3, 0.4) is 0 Å². The van der Waals surface area contributed by atoms with Gasteiger partial charge in [0.15, 0.2) is 0 Å². The molecule has 0 unspecified atom stereocenters. The van der Waals surface area contributed by atoms with Gasteiger partial charge in [-0.15, -0.1) is 94.1 Å². The van der Waals surface area contributed by atoms with Crippen molar-refractivity contribution in [3.63, 3.8) is 0 Å². The molecule has 0 saturated heterocycles. The van der Waals surface area contributed by atoms with E-state index in [4.69, 9.17) is 37.9 Å². The topological polar surface area (TPSA) is 108 Å². The predicted molar refractivity (Wildman–Crippen MR) is 288 cm³/mol. The SMILES string of the molecule is O=c1sc2c(s1)SCCOCCOCCSC1=C3SCCOCCOCCSc4sc(=O)sc4SCCOCCOCCSC4=C(SCCOCCOCCS2)SC(=C(S1)S3)S4. The number of fused-ring (bicyclic) bond motifs is 6. The first-order valence-electron chi connectivity index (χ1n) is 19.5. The molecule has 6 heterocycles. The Bertz CT molecular complexity index is 1580. The summed E-state index contributed by atoms with van der Waals surface area (Å²) in [6.07, 6.45) is 0. The van der Waals surface area contributed by atoms with Gasteiger partial charge in [-0.2, -0.15) is 0 Å². The zero-order chi connectivity index (χ0) is 42.9. The summed E-state index contributed by atoms with van der Waals surface area (Å²) in [6, 6.07) is 0. The lowest BCUT2D eigenvalue weighted by atomic mass is 10.7. The highest BCUT2D eigenvalue weighted by Gasteiger charge is 2.31. The van der Waals surface area contributed by atoms with Crippen LogP contribution in [-0.2, 0) is 37.9 Å². The standard InChI is InChI=1S/C36H48O10S16/c37-35-59-29-30(60-35)52-22-14-44-7-3-41-11-19-49-27-28-50-20-12-42-4-8-46-16-24-54-32-31(61-36(38)62-32)53-23-15-45-6-2-40-10-18-48-26-25(55-33(56-26)34(57-27)58-28)47-17-9-39-1-5-43-13-21-51-29/h1-24H2. The second-order valence-electron chi connectivity index (χ2n) is 11.9. The fraction of sp³-hybridized carbons (Fsp3) is 0.667. The zero-order valence-corrected chi connectivity index (χ0v) is 46.6. The molecule has 2 aromatic heterocycles. The van der Waals surface area contributed by atoms with E-state index in [0.717, 1.165) is 62.9 Å². The van der Waals surface area contributed by atoms with Gasteiger partial charge in [0.05, 0.1) is 148 Å². The number of hydrogen-bond acceptors (Lipinski definition) is 26. The summed E-state index contributed by atoms with van der Waals surface area (Å²) >= 11 is 27.1. The van der Waals surface area contributed by atoms with Crippen molar-refractivity contribution in [2.24, 2.45) is 0 Å². The molecule has 0 aliphatic carbocycles. The Morgan fingerprint density at radius 3 is 0.645 bits per heavy atom. The van der Waals surface area contributed by atoms with Crippen molar-refractivity contribution in [3.05, 3.63) is 43.1 Å². The highest BCUT2D eigenvalue weighted by atomic mass is 32.3. The van der Waals surface area contributed by atoms with Crippen LogP contribution in [0.4, 0.5) is 0 Å². The molecule has 0 spiro atoms. The molecular weight excluding hydrogens is 1110 g/mol. The summed E-state index contributed by atoms with van der Waals surface area (Å²) in [6.45, 7) is 9.41. The van der Waals surface area contributed by atoms with E-state index in [0.29, 0.717) is 106 Å². The Kier molecular flexibility index (Phi) is 29.2. The van der Waals surface area contributed by atoms with Crippen molar-refractivity contribution >= 4 is 186 Å². The van der Waals surface area contributed by atoms with Crippen LogP contribution in [0.2, 0.25) is 0 Å². The maximum absolute atomic E-state index is 12.2. The number of rotatable bonds is 0. The quantitative estimate of drug-likeness (QED) is 0.249. The van der Waals surface area contributed by atoms with Crippen LogP contribution in [0.5, 0.6) is 0 Å². The molecule has 2 aromatic rings. The maximum atomic E-state index is 12.2. The smallest absolute Gasteiger partial charge is 0.289 e. The first-order chi connectivity index (χ1) is 30.6. The molecule has 6 rings (SSSR count). The van der Waals surface area contributed by atoms with Gasteiger partial charge in [0.25, 0.3) is 8.11 Å². The number of ether oxygens (including phenoxy) is 8. The highest BCUT2D eigenvalue weighted by molar-refractivity contribution is 8.45. The second-order valence-corrected chi connectivity index (χ2v) is 31.8. The largest absolute Gasteiger partial charge is 0.378 e. The predicted octanol–water partition coefficient (Wildman–Crippen LogP) is 11.2. The summed E-state index contributed by atoms with van der Waals surface area (Å²) in [5.74, 6) is 6.61. The van der Waals surface area contributed by atoms with Gasteiger partial charge in [0.1, 0.15) is 0 Å². The normalized spacial score (nSPS) is 22.8. The first kappa shape index (κ1) is 54.1. The average molecular weight is 1150 g/mol. The van der Waals surface area contributed by atoms with Gasteiger partial charge < -0.3 is 37.9 Å². The molecule has 4 aliphatic rings. The maximum Gasteiger partial charge on any atom is 0.289 e. The molecule has 4 aliphatic heterocycles. The third kappa shape index (κ3) is 21.0. The number of hydrogen-bond donors (Lipinski definition) is 0. The van der Waals surface area contributed by atoms with Crippen molar-refractivity contribution in [2.45, 2.75) is 16.8 Å². The summed E-state index contributed by atoms with van der Waals surface area (Å²) in [5.41, 5.74) is 0. The Hall–Kier alpha value is 2.80. The molecule has 0 radical (unpaired) electrons. The van der Waals surface area contributed by atoms with Crippen molar-refractivity contribution in [1.82, 2.24) is 0 Å². The molecule has 0 amide bonds. The van der Waals surface area contributed by atoms with Gasteiger partial charge in [-0.3, -0.25) is 9.59 Å². The van der Waals surface area contributed by atoms with E-state index in [9.17, 15) is 9.59 Å². The minimum atomic E-state index is 0.129. The van der Waals surface area contributed by atoms with Gasteiger partial charge in [0, 0.05) is 46.0 Å². The summed E-state index contributed by atoms with van der Waals surface area (Å²) in [7, 11) is 0. The molecule has 0 atom stereocenters. The molecular formula is C36H48O10S16. The lowest BCUT2D eigenvalue weighted by Gasteiger charge is -2.08. The highest BCUT2D eigenvalue weighted by Crippen LogP contribution is 2.66. The van der Waals surface area contributed by atoms with Crippen LogP contribution in [-0.4, -0.2) is 152 Å². The monoisotopic (exact) mass is 1150 g/mol. The van der Waals surface area contributed by atoms with Gasteiger partial charge in [-0.25, -0.2) is 0 Å². The van der Waals surface area contributed by atoms with Crippen LogP contribution in [0, 0.1) is 0 Å². The van der Waals surface area contributed by atoms with E-state index in [1.165, 1.54) is 70.8 Å². The lowest BCUT2D eigenvalue weighted by molar-refractivity contribution is 0.0605. The molecule has 6 bridgehead atoms. The van der Waals surface area contributed by atoms with Crippen molar-refractivity contribution in [3.8, 4) is 0 Å². The first-order valence-corrected chi connectivity index (χ1v) is 33.9. The third-order valence-corrected chi connectivity index (χ3v) is 28.9. The van der Waals surface area contributed by atoms with E-state index >= 15 is 0 Å². The van der Waals surface area contributed by atoms with Crippen LogP contribution < -0.4 is 8.11 Å². The third-order valence-electron chi connectivity index (χ3n) is 7.45. The summed E-state index contributed by atoms with van der Waals surface area (Å²) in [5, 5.41) is 0. The Labute approximate surface area is 431 Å². The van der Waals surface area contributed by atoms with Gasteiger partial charge >= 0.3 is 0 Å². The van der Waals surface area contributed by atoms with E-state index in [-0.39, 0.29) is 8.11 Å². The molecule has 62 heavy (non-hydrogen) atoms. The van der Waals surface area contributed by atoms with E-state index < -0.39 is 0 Å². The molecule has 348 valence electrons. The average Bonchev–Trinajstić information content (AvgIpc) is 4.05. The molecule has 0 N–H and O–H groups in total. The fourth-order valence-electron chi connectivity index (χ4n) is 4.76. The Morgan fingerprint density at radius 1 is 0.242 bits per heavy atom. The lowest BCUT2D eigenvalue weighted by Crippen LogP contribution is -2.08. The van der Waals surface area contributed by atoms with Crippen LogP contribution in [0.15, 0.2) is 51.8 Å². The summed E-state index contributed by atoms with van der Waals surface area (Å²) in [4.78, 5) is 24.3. The van der Waals surface area contributed by atoms with E-state index in [1.807, 2.05) is 94.1 Å². The Balaban J connectivity index is 1.05. The van der Waals surface area contributed by atoms with Crippen LogP contribution in [0.25, 0.3) is 0 Å². The van der Waals surface area contributed by atoms with E-state index in [1.54, 1.807) is 47.0 Å². The van der Waals surface area contributed by atoms with Crippen LogP contribution >= 0.6 is 186 Å². The van der Waals surface area contributed by atoms with Crippen molar-refractivity contribution in [1.29, 1.82) is 0 Å². The second kappa shape index (κ2) is 33.4. The van der Waals surface area contributed by atoms with E-state index in [2.05, 4.69) is 0 Å². The van der Waals surface area contributed by atoms with Crippen molar-refractivity contribution < 1.29 is 37.9 Å². The molecule has 0 fully saturated rings. The zero-order valence-electron chi connectivity index (χ0n) is 33.6. The van der Waals surface area contributed by atoms with Crippen molar-refractivity contribution in [2.75, 3.05) is 152 Å². The van der Waals surface area contributed by atoms with Gasteiger partial charge in [-0.05, 0) is 0 Å². The molecule has 26 heteroatoms. The molecule has 0 aromatic carbocycles. The molecule has 0 saturated carbocycles. The number of thioether (sulfide) groups is 12. The molecule has 10 nitrogen and oxygen atoms in total. The van der Waals surface area contributed by atoms with Crippen LogP contribution in [0.1, 0.15) is 0 Å². The minimum Gasteiger partial charge on any atom is -0.378 e. The van der Waals surface area contributed by atoms with Gasteiger partial charge in [0.2, 0.25) is 0 Å². The fourth-order valence-corrected chi connectivity index (χ4v) is 26.6.